The van der Waals surface area contributed by atoms with E-state index < -0.39 is 39.2 Å². The SMILES string of the molecule is O=C(CN(c1ccc(Cl)c(C(F)(F)F)c1)S(=O)(=O)c1ccccc1)NCCCc1ccc(F)cc1. The minimum Gasteiger partial charge on any atom is -0.355 e. The number of alkyl halides is 3. The zero-order valence-electron chi connectivity index (χ0n) is 18.2. The molecule has 0 aliphatic rings. The maximum atomic E-state index is 13.4. The lowest BCUT2D eigenvalue weighted by atomic mass is 10.1. The summed E-state index contributed by atoms with van der Waals surface area (Å²) in [5, 5.41) is 1.98. The predicted octanol–water partition coefficient (Wildman–Crippen LogP) is 5.44. The molecule has 0 fully saturated rings. The zero-order valence-corrected chi connectivity index (χ0v) is 19.8. The quantitative estimate of drug-likeness (QED) is 0.297. The normalized spacial score (nSPS) is 11.8. The summed E-state index contributed by atoms with van der Waals surface area (Å²) in [6, 6.07) is 15.6. The Kier molecular flexibility index (Phi) is 8.39. The molecule has 5 nitrogen and oxygen atoms in total. The average molecular weight is 529 g/mol. The molecule has 0 saturated heterocycles. The van der Waals surface area contributed by atoms with E-state index in [1.807, 2.05) is 0 Å². The number of nitrogens with one attached hydrogen (secondary N) is 1. The third-order valence-electron chi connectivity index (χ3n) is 5.04. The van der Waals surface area contributed by atoms with Gasteiger partial charge in [-0.2, -0.15) is 13.2 Å². The van der Waals surface area contributed by atoms with Crippen LogP contribution in [0.25, 0.3) is 0 Å². The predicted molar refractivity (Wildman–Crippen MR) is 125 cm³/mol. The summed E-state index contributed by atoms with van der Waals surface area (Å²) in [7, 11) is -4.38. The van der Waals surface area contributed by atoms with Crippen LogP contribution in [0.3, 0.4) is 0 Å². The molecule has 0 aliphatic carbocycles. The van der Waals surface area contributed by atoms with Crippen molar-refractivity contribution >= 4 is 33.2 Å². The maximum Gasteiger partial charge on any atom is 0.417 e. The van der Waals surface area contributed by atoms with Crippen LogP contribution in [-0.2, 0) is 27.4 Å². The number of nitrogens with zero attached hydrogens (tertiary/aromatic N) is 1. The van der Waals surface area contributed by atoms with Crippen molar-refractivity contribution in [3.05, 3.63) is 94.8 Å². The summed E-state index contributed by atoms with van der Waals surface area (Å²) in [5.74, 6) is -1.07. The second-order valence-electron chi connectivity index (χ2n) is 7.57. The number of sulfonamides is 1. The Balaban J connectivity index is 1.80. The van der Waals surface area contributed by atoms with Gasteiger partial charge in [0.2, 0.25) is 5.91 Å². The molecule has 3 aromatic rings. The second-order valence-corrected chi connectivity index (χ2v) is 9.84. The van der Waals surface area contributed by atoms with E-state index in [0.717, 1.165) is 17.7 Å². The molecule has 0 spiro atoms. The average Bonchev–Trinajstić information content (AvgIpc) is 2.81. The Morgan fingerprint density at radius 3 is 2.26 bits per heavy atom. The standard InChI is InChI=1S/C24H21ClF4N2O3S/c25-22-13-12-19(15-21(22)24(27,28)29)31(35(33,34)20-6-2-1-3-7-20)16-23(32)30-14-4-5-17-8-10-18(26)11-9-17/h1-3,6-13,15H,4-5,14,16H2,(H,30,32). The third-order valence-corrected chi connectivity index (χ3v) is 7.16. The molecule has 0 aromatic heterocycles. The molecule has 0 unspecified atom stereocenters. The minimum absolute atomic E-state index is 0.184. The van der Waals surface area contributed by atoms with Gasteiger partial charge in [0.1, 0.15) is 12.4 Å². The van der Waals surface area contributed by atoms with Crippen molar-refractivity contribution in [2.24, 2.45) is 0 Å². The Labute approximate surface area is 205 Å². The van der Waals surface area contributed by atoms with Crippen LogP contribution in [0, 0.1) is 5.82 Å². The molecule has 35 heavy (non-hydrogen) atoms. The highest BCUT2D eigenvalue weighted by Gasteiger charge is 2.35. The molecule has 0 saturated carbocycles. The van der Waals surface area contributed by atoms with Gasteiger partial charge in [-0.15, -0.1) is 0 Å². The second kappa shape index (κ2) is 11.1. The van der Waals surface area contributed by atoms with E-state index in [1.165, 1.54) is 36.4 Å². The van der Waals surface area contributed by atoms with Crippen LogP contribution < -0.4 is 9.62 Å². The van der Waals surface area contributed by atoms with E-state index >= 15 is 0 Å². The zero-order chi connectivity index (χ0) is 25.6. The van der Waals surface area contributed by atoms with Crippen LogP contribution >= 0.6 is 11.6 Å². The van der Waals surface area contributed by atoms with Crippen LogP contribution in [-0.4, -0.2) is 27.4 Å². The van der Waals surface area contributed by atoms with E-state index in [4.69, 9.17) is 11.6 Å². The number of amides is 1. The molecular formula is C24H21ClF4N2O3S. The lowest BCUT2D eigenvalue weighted by molar-refractivity contribution is -0.137. The number of rotatable bonds is 9. The van der Waals surface area contributed by atoms with Crippen LogP contribution in [0.1, 0.15) is 17.5 Å². The fraction of sp³-hybridized carbons (Fsp3) is 0.208. The molecule has 0 heterocycles. The Morgan fingerprint density at radius 1 is 0.971 bits per heavy atom. The van der Waals surface area contributed by atoms with Crippen molar-refractivity contribution in [1.82, 2.24) is 5.32 Å². The summed E-state index contributed by atoms with van der Waals surface area (Å²) in [5.41, 5.74) is -0.716. The van der Waals surface area contributed by atoms with Crippen molar-refractivity contribution in [1.29, 1.82) is 0 Å². The highest BCUT2D eigenvalue weighted by molar-refractivity contribution is 7.92. The Hall–Kier alpha value is -3.11. The van der Waals surface area contributed by atoms with Gasteiger partial charge in [0.15, 0.2) is 0 Å². The van der Waals surface area contributed by atoms with Crippen LogP contribution in [0.4, 0.5) is 23.2 Å². The summed E-state index contributed by atoms with van der Waals surface area (Å²) in [6.45, 7) is -0.559. The summed E-state index contributed by atoms with van der Waals surface area (Å²) < 4.78 is 80.3. The lowest BCUT2D eigenvalue weighted by Crippen LogP contribution is -2.41. The summed E-state index contributed by atoms with van der Waals surface area (Å²) >= 11 is 5.68. The molecule has 3 rings (SSSR count). The molecule has 11 heteroatoms. The van der Waals surface area contributed by atoms with Crippen molar-refractivity contribution in [2.45, 2.75) is 23.9 Å². The van der Waals surface area contributed by atoms with Crippen LogP contribution in [0.2, 0.25) is 5.02 Å². The Morgan fingerprint density at radius 2 is 1.63 bits per heavy atom. The monoisotopic (exact) mass is 528 g/mol. The largest absolute Gasteiger partial charge is 0.417 e. The van der Waals surface area contributed by atoms with Crippen molar-refractivity contribution in [2.75, 3.05) is 17.4 Å². The number of halogens is 5. The fourth-order valence-electron chi connectivity index (χ4n) is 3.28. The smallest absolute Gasteiger partial charge is 0.355 e. The molecular weight excluding hydrogens is 508 g/mol. The molecule has 186 valence electrons. The maximum absolute atomic E-state index is 13.4. The number of carbonyl (C=O) groups excluding carboxylic acids is 1. The highest BCUT2D eigenvalue weighted by Crippen LogP contribution is 2.38. The minimum atomic E-state index is -4.82. The first kappa shape index (κ1) is 26.5. The van der Waals surface area contributed by atoms with E-state index in [9.17, 15) is 30.8 Å². The fourth-order valence-corrected chi connectivity index (χ4v) is 4.94. The van der Waals surface area contributed by atoms with Crippen LogP contribution in [0.15, 0.2) is 77.7 Å². The lowest BCUT2D eigenvalue weighted by Gasteiger charge is -2.25. The molecule has 3 aromatic carbocycles. The van der Waals surface area contributed by atoms with E-state index in [0.29, 0.717) is 23.2 Å². The van der Waals surface area contributed by atoms with Gasteiger partial charge in [-0.3, -0.25) is 9.10 Å². The van der Waals surface area contributed by atoms with Gasteiger partial charge < -0.3 is 5.32 Å². The number of benzene rings is 3. The van der Waals surface area contributed by atoms with Gasteiger partial charge in [-0.25, -0.2) is 12.8 Å². The Bertz CT molecular complexity index is 1270. The molecule has 0 bridgehead atoms. The number of hydrogen-bond acceptors (Lipinski definition) is 3. The van der Waals surface area contributed by atoms with Gasteiger partial charge in [-0.1, -0.05) is 41.9 Å². The number of carbonyl (C=O) groups is 1. The summed E-state index contributed by atoms with van der Waals surface area (Å²) in [6.07, 6.45) is -3.79. The molecule has 1 amide bonds. The van der Waals surface area contributed by atoms with Gasteiger partial charge >= 0.3 is 6.18 Å². The van der Waals surface area contributed by atoms with E-state index in [-0.39, 0.29) is 22.9 Å². The number of anilines is 1. The molecule has 1 N–H and O–H groups in total. The van der Waals surface area contributed by atoms with Gasteiger partial charge in [-0.05, 0) is 60.9 Å². The van der Waals surface area contributed by atoms with Gasteiger partial charge in [0.05, 0.1) is 21.2 Å². The highest BCUT2D eigenvalue weighted by atomic mass is 35.5. The van der Waals surface area contributed by atoms with Crippen molar-refractivity contribution in [3.63, 3.8) is 0 Å². The first-order valence-electron chi connectivity index (χ1n) is 10.4. The van der Waals surface area contributed by atoms with Crippen LogP contribution in [0.5, 0.6) is 0 Å². The van der Waals surface area contributed by atoms with E-state index in [1.54, 1.807) is 18.2 Å². The number of hydrogen-bond donors (Lipinski definition) is 1. The first-order chi connectivity index (χ1) is 16.5. The van der Waals surface area contributed by atoms with Gasteiger partial charge in [0.25, 0.3) is 10.0 Å². The van der Waals surface area contributed by atoms with Crippen molar-refractivity contribution in [3.8, 4) is 0 Å². The first-order valence-corrected chi connectivity index (χ1v) is 12.3. The topological polar surface area (TPSA) is 66.5 Å². The third kappa shape index (κ3) is 6.95. The van der Waals surface area contributed by atoms with Gasteiger partial charge in [0, 0.05) is 6.54 Å². The summed E-state index contributed by atoms with van der Waals surface area (Å²) in [4.78, 5) is 12.4. The molecule has 0 radical (unpaired) electrons. The van der Waals surface area contributed by atoms with Crippen molar-refractivity contribution < 1.29 is 30.8 Å². The number of aryl methyl sites for hydroxylation is 1. The van der Waals surface area contributed by atoms with E-state index in [2.05, 4.69) is 5.32 Å². The molecule has 0 aliphatic heterocycles. The molecule has 0 atom stereocenters.